The fourth-order valence-corrected chi connectivity index (χ4v) is 4.46. The lowest BCUT2D eigenvalue weighted by Gasteiger charge is -2.19. The highest BCUT2D eigenvalue weighted by Gasteiger charge is 2.28. The Kier molecular flexibility index (Phi) is 8.41. The van der Waals surface area contributed by atoms with Gasteiger partial charge in [0.25, 0.3) is 0 Å². The number of fused-ring (bicyclic) bond motifs is 3. The topological polar surface area (TPSA) is 82.9 Å². The van der Waals surface area contributed by atoms with Crippen LogP contribution in [0, 0.1) is 0 Å². The number of aromatic nitrogens is 1. The predicted molar refractivity (Wildman–Crippen MR) is 147 cm³/mol. The molecule has 0 aliphatic heterocycles. The summed E-state index contributed by atoms with van der Waals surface area (Å²) in [5.74, 6) is 0.413. The Morgan fingerprint density at radius 1 is 0.919 bits per heavy atom. The first-order valence-corrected chi connectivity index (χ1v) is 12.7. The van der Waals surface area contributed by atoms with Gasteiger partial charge in [-0.2, -0.15) is 0 Å². The Morgan fingerprint density at radius 3 is 2.19 bits per heavy atom. The molecule has 37 heavy (non-hydrogen) atoms. The van der Waals surface area contributed by atoms with Gasteiger partial charge >= 0.3 is 0 Å². The maximum absolute atomic E-state index is 12.2. The number of benzene rings is 3. The minimum absolute atomic E-state index is 0.0265. The molecule has 1 aromatic heterocycles. The zero-order valence-electron chi connectivity index (χ0n) is 21.7. The van der Waals surface area contributed by atoms with E-state index in [0.29, 0.717) is 24.2 Å². The van der Waals surface area contributed by atoms with E-state index in [-0.39, 0.29) is 17.3 Å². The standard InChI is InChI=1S/C17H24N2O.C14H10O3/c1-4-5-9-15-13-14-8-6-7-10-16(14)17(18-15)20-12-11-19(2)3;15-10-5-1-3-8-7-9-4-2-6-11(16)13(9)14(17)12(8)10/h6-8,10,13H,4-5,9,11-12H2,1-3H3;1-6,15-16H,7H2. The number of likely N-dealkylation sites (N-methyl/N-ethyl adjacent to an activating group) is 1. The third kappa shape index (κ3) is 6.09. The normalized spacial score (nSPS) is 12.1. The largest absolute Gasteiger partial charge is 0.507 e. The number of pyridine rings is 1. The second-order valence-corrected chi connectivity index (χ2v) is 9.52. The van der Waals surface area contributed by atoms with E-state index in [1.807, 2.05) is 32.3 Å². The zero-order valence-corrected chi connectivity index (χ0v) is 21.7. The first kappa shape index (κ1) is 26.2. The van der Waals surface area contributed by atoms with Gasteiger partial charge in [0.1, 0.15) is 18.1 Å². The lowest BCUT2D eigenvalue weighted by Crippen LogP contribution is -2.19. The van der Waals surface area contributed by atoms with Crippen LogP contribution in [0.15, 0.2) is 66.7 Å². The van der Waals surface area contributed by atoms with Gasteiger partial charge in [-0.3, -0.25) is 4.79 Å². The van der Waals surface area contributed by atoms with E-state index in [1.165, 1.54) is 30.4 Å². The highest BCUT2D eigenvalue weighted by molar-refractivity contribution is 6.15. The number of ether oxygens (including phenoxy) is 1. The Balaban J connectivity index is 0.000000175. The van der Waals surface area contributed by atoms with Crippen LogP contribution >= 0.6 is 0 Å². The van der Waals surface area contributed by atoms with Gasteiger partial charge in [0, 0.05) is 17.6 Å². The highest BCUT2D eigenvalue weighted by Crippen LogP contribution is 2.36. The van der Waals surface area contributed by atoms with Gasteiger partial charge in [0.05, 0.1) is 11.1 Å². The van der Waals surface area contributed by atoms with Gasteiger partial charge in [0.2, 0.25) is 11.7 Å². The molecule has 5 rings (SSSR count). The SMILES string of the molecule is CCCCc1cc2ccccc2c(OCCN(C)C)n1.O=C1c2c(O)cccc2Cc2cccc(O)c21. The molecule has 0 saturated heterocycles. The Labute approximate surface area is 218 Å². The smallest absolute Gasteiger partial charge is 0.221 e. The number of unbranched alkanes of at least 4 members (excludes halogenated alkanes) is 1. The number of aryl methyl sites for hydroxylation is 1. The summed E-state index contributed by atoms with van der Waals surface area (Å²) in [6.45, 7) is 3.77. The summed E-state index contributed by atoms with van der Waals surface area (Å²) in [6.07, 6.45) is 3.93. The molecule has 2 N–H and O–H groups in total. The minimum Gasteiger partial charge on any atom is -0.507 e. The quantitative estimate of drug-likeness (QED) is 0.297. The molecule has 0 bridgehead atoms. The number of hydrogen-bond acceptors (Lipinski definition) is 6. The van der Waals surface area contributed by atoms with Gasteiger partial charge in [0.15, 0.2) is 0 Å². The van der Waals surface area contributed by atoms with Crippen LogP contribution in [-0.4, -0.2) is 53.1 Å². The van der Waals surface area contributed by atoms with Crippen LogP contribution in [0.1, 0.15) is 52.5 Å². The Morgan fingerprint density at radius 2 is 1.57 bits per heavy atom. The van der Waals surface area contributed by atoms with Crippen molar-refractivity contribution in [2.24, 2.45) is 0 Å². The van der Waals surface area contributed by atoms with Crippen molar-refractivity contribution in [1.82, 2.24) is 9.88 Å². The molecule has 4 aromatic rings. The summed E-state index contributed by atoms with van der Waals surface area (Å²) >= 11 is 0. The van der Waals surface area contributed by atoms with Crippen LogP contribution in [0.25, 0.3) is 10.8 Å². The summed E-state index contributed by atoms with van der Waals surface area (Å²) in [7, 11) is 4.10. The minimum atomic E-state index is -0.308. The van der Waals surface area contributed by atoms with E-state index in [1.54, 1.807) is 12.1 Å². The van der Waals surface area contributed by atoms with E-state index in [0.717, 1.165) is 41.1 Å². The number of carbonyl (C=O) groups excluding carboxylic acids is 1. The number of carbonyl (C=O) groups is 1. The van der Waals surface area contributed by atoms with Crippen LogP contribution < -0.4 is 4.74 Å². The highest BCUT2D eigenvalue weighted by atomic mass is 16.5. The maximum Gasteiger partial charge on any atom is 0.221 e. The molecule has 1 aliphatic carbocycles. The lowest BCUT2D eigenvalue weighted by atomic mass is 9.84. The summed E-state index contributed by atoms with van der Waals surface area (Å²) in [4.78, 5) is 19.0. The molecular weight excluding hydrogens is 464 g/mol. The number of ketones is 1. The average Bonchev–Trinajstić information content (AvgIpc) is 2.87. The van der Waals surface area contributed by atoms with Crippen molar-refractivity contribution >= 4 is 16.6 Å². The van der Waals surface area contributed by atoms with E-state index in [9.17, 15) is 15.0 Å². The van der Waals surface area contributed by atoms with Crippen molar-refractivity contribution in [2.75, 3.05) is 27.2 Å². The van der Waals surface area contributed by atoms with E-state index >= 15 is 0 Å². The molecule has 0 unspecified atom stereocenters. The molecule has 0 saturated carbocycles. The summed E-state index contributed by atoms with van der Waals surface area (Å²) < 4.78 is 5.90. The molecule has 192 valence electrons. The van der Waals surface area contributed by atoms with Gasteiger partial charge in [-0.05, 0) is 74.1 Å². The van der Waals surface area contributed by atoms with Crippen molar-refractivity contribution in [3.8, 4) is 17.4 Å². The molecule has 0 atom stereocenters. The maximum atomic E-state index is 12.2. The van der Waals surface area contributed by atoms with Crippen molar-refractivity contribution < 1.29 is 19.7 Å². The Hall–Kier alpha value is -3.90. The predicted octanol–water partition coefficient (Wildman–Crippen LogP) is 5.75. The average molecular weight is 499 g/mol. The van der Waals surface area contributed by atoms with Crippen LogP contribution in [0.3, 0.4) is 0 Å². The van der Waals surface area contributed by atoms with Gasteiger partial charge in [-0.15, -0.1) is 0 Å². The van der Waals surface area contributed by atoms with Crippen LogP contribution in [0.2, 0.25) is 0 Å². The van der Waals surface area contributed by atoms with E-state index in [4.69, 9.17) is 9.72 Å². The number of phenols is 2. The Bertz CT molecular complexity index is 1340. The van der Waals surface area contributed by atoms with E-state index in [2.05, 4.69) is 36.1 Å². The number of hydrogen-bond donors (Lipinski definition) is 2. The van der Waals surface area contributed by atoms with E-state index < -0.39 is 0 Å². The summed E-state index contributed by atoms with van der Waals surface area (Å²) in [6, 6.07) is 20.5. The van der Waals surface area contributed by atoms with Gasteiger partial charge < -0.3 is 19.8 Å². The van der Waals surface area contributed by atoms with Crippen LogP contribution in [-0.2, 0) is 12.8 Å². The van der Waals surface area contributed by atoms with Crippen LogP contribution in [0.5, 0.6) is 17.4 Å². The fourth-order valence-electron chi connectivity index (χ4n) is 4.46. The van der Waals surface area contributed by atoms with Crippen molar-refractivity contribution in [2.45, 2.75) is 32.6 Å². The number of aromatic hydroxyl groups is 2. The van der Waals surface area contributed by atoms with Crippen molar-refractivity contribution in [1.29, 1.82) is 0 Å². The summed E-state index contributed by atoms with van der Waals surface area (Å²) in [5, 5.41) is 21.8. The fraction of sp³-hybridized carbons (Fsp3) is 0.290. The lowest BCUT2D eigenvalue weighted by molar-refractivity contribution is 0.103. The number of rotatable bonds is 7. The van der Waals surface area contributed by atoms with Crippen molar-refractivity contribution in [3.63, 3.8) is 0 Å². The monoisotopic (exact) mass is 498 g/mol. The first-order valence-electron chi connectivity index (χ1n) is 12.7. The number of nitrogens with zero attached hydrogens (tertiary/aromatic N) is 2. The number of phenolic OH excluding ortho intramolecular Hbond substituents is 2. The molecule has 0 fully saturated rings. The molecule has 3 aromatic carbocycles. The first-order chi connectivity index (χ1) is 17.9. The van der Waals surface area contributed by atoms with Gasteiger partial charge in [-0.25, -0.2) is 4.98 Å². The van der Waals surface area contributed by atoms with Gasteiger partial charge in [-0.1, -0.05) is 55.8 Å². The van der Waals surface area contributed by atoms with Crippen LogP contribution in [0.4, 0.5) is 0 Å². The second kappa shape index (κ2) is 11.9. The van der Waals surface area contributed by atoms with Crippen molar-refractivity contribution in [3.05, 3.63) is 94.7 Å². The molecule has 1 heterocycles. The third-order valence-electron chi connectivity index (χ3n) is 6.41. The molecule has 6 nitrogen and oxygen atoms in total. The summed E-state index contributed by atoms with van der Waals surface area (Å²) in [5.41, 5.74) is 3.34. The molecule has 0 amide bonds. The molecule has 1 aliphatic rings. The second-order valence-electron chi connectivity index (χ2n) is 9.52. The molecule has 6 heteroatoms. The third-order valence-corrected chi connectivity index (χ3v) is 6.41. The molecule has 0 radical (unpaired) electrons. The molecular formula is C31H34N2O4. The molecule has 0 spiro atoms. The zero-order chi connectivity index (χ0) is 26.4.